The first-order chi connectivity index (χ1) is 8.50. The number of hydrogen-bond donors (Lipinski definition) is 1. The van der Waals surface area contributed by atoms with Gasteiger partial charge in [-0.2, -0.15) is 5.26 Å². The molecule has 0 amide bonds. The molecule has 0 radical (unpaired) electrons. The van der Waals surface area contributed by atoms with Crippen molar-refractivity contribution in [1.82, 2.24) is 4.98 Å². The largest absolute Gasteiger partial charge is 0.255 e. The van der Waals surface area contributed by atoms with E-state index in [0.29, 0.717) is 11.3 Å². The molecule has 0 saturated heterocycles. The van der Waals surface area contributed by atoms with Crippen LogP contribution in [-0.4, -0.2) is 13.4 Å². The van der Waals surface area contributed by atoms with Crippen LogP contribution in [0.15, 0.2) is 47.5 Å². The summed E-state index contributed by atoms with van der Waals surface area (Å²) in [6, 6.07) is 11.4. The van der Waals surface area contributed by atoms with Crippen LogP contribution < -0.4 is 5.14 Å². The topological polar surface area (TPSA) is 96.8 Å². The molecule has 0 aliphatic heterocycles. The SMILES string of the molecule is N#Cc1ccc(-c2ccc(S(N)(=O)=O)cc2)nc1. The van der Waals surface area contributed by atoms with Gasteiger partial charge in [0.2, 0.25) is 10.0 Å². The third-order valence-corrected chi connectivity index (χ3v) is 3.30. The van der Waals surface area contributed by atoms with Crippen LogP contribution in [0.25, 0.3) is 11.3 Å². The van der Waals surface area contributed by atoms with Crippen LogP contribution in [0.5, 0.6) is 0 Å². The van der Waals surface area contributed by atoms with Crippen molar-refractivity contribution in [1.29, 1.82) is 5.26 Å². The fraction of sp³-hybridized carbons (Fsp3) is 0. The zero-order valence-corrected chi connectivity index (χ0v) is 10.1. The Morgan fingerprint density at radius 2 is 1.78 bits per heavy atom. The standard InChI is InChI=1S/C12H9N3O2S/c13-7-9-1-6-12(15-8-9)10-2-4-11(5-3-10)18(14,16)17/h1-6,8H,(H2,14,16,17). The van der Waals surface area contributed by atoms with Crippen LogP contribution in [0.3, 0.4) is 0 Å². The summed E-state index contributed by atoms with van der Waals surface area (Å²) >= 11 is 0. The van der Waals surface area contributed by atoms with Gasteiger partial charge in [-0.1, -0.05) is 12.1 Å². The summed E-state index contributed by atoms with van der Waals surface area (Å²) < 4.78 is 22.2. The number of rotatable bonds is 2. The summed E-state index contributed by atoms with van der Waals surface area (Å²) in [5, 5.41) is 13.7. The number of aromatic nitrogens is 1. The smallest absolute Gasteiger partial charge is 0.238 e. The van der Waals surface area contributed by atoms with Crippen LogP contribution in [0, 0.1) is 11.3 Å². The van der Waals surface area contributed by atoms with Gasteiger partial charge < -0.3 is 0 Å². The number of sulfonamides is 1. The summed E-state index contributed by atoms with van der Waals surface area (Å²) in [6.45, 7) is 0. The highest BCUT2D eigenvalue weighted by Crippen LogP contribution is 2.18. The molecule has 2 N–H and O–H groups in total. The highest BCUT2D eigenvalue weighted by atomic mass is 32.2. The molecule has 0 aliphatic rings. The number of nitrogens with zero attached hydrogens (tertiary/aromatic N) is 2. The van der Waals surface area contributed by atoms with Gasteiger partial charge in [-0.15, -0.1) is 0 Å². The predicted octanol–water partition coefficient (Wildman–Crippen LogP) is 1.27. The van der Waals surface area contributed by atoms with Crippen LogP contribution in [-0.2, 0) is 10.0 Å². The summed E-state index contributed by atoms with van der Waals surface area (Å²) in [6.07, 6.45) is 1.46. The van der Waals surface area contributed by atoms with E-state index in [1.165, 1.54) is 18.3 Å². The van der Waals surface area contributed by atoms with Gasteiger partial charge in [-0.05, 0) is 24.3 Å². The van der Waals surface area contributed by atoms with E-state index in [1.807, 2.05) is 6.07 Å². The van der Waals surface area contributed by atoms with Crippen molar-refractivity contribution in [2.24, 2.45) is 5.14 Å². The fourth-order valence-corrected chi connectivity index (χ4v) is 1.96. The Hall–Kier alpha value is -2.23. The Morgan fingerprint density at radius 1 is 1.11 bits per heavy atom. The minimum absolute atomic E-state index is 0.0555. The van der Waals surface area contributed by atoms with Crippen molar-refractivity contribution in [3.8, 4) is 17.3 Å². The van der Waals surface area contributed by atoms with Crippen molar-refractivity contribution in [3.05, 3.63) is 48.2 Å². The Labute approximate surface area is 105 Å². The monoisotopic (exact) mass is 259 g/mol. The highest BCUT2D eigenvalue weighted by Gasteiger charge is 2.07. The predicted molar refractivity (Wildman–Crippen MR) is 65.8 cm³/mol. The minimum atomic E-state index is -3.68. The maximum atomic E-state index is 11.1. The number of nitriles is 1. The molecule has 0 atom stereocenters. The van der Waals surface area contributed by atoms with E-state index in [2.05, 4.69) is 4.98 Å². The summed E-state index contributed by atoms with van der Waals surface area (Å²) in [4.78, 5) is 4.16. The second kappa shape index (κ2) is 4.56. The van der Waals surface area contributed by atoms with E-state index < -0.39 is 10.0 Å². The minimum Gasteiger partial charge on any atom is -0.255 e. The molecule has 1 aromatic heterocycles. The number of nitrogens with two attached hydrogens (primary N) is 1. The van der Waals surface area contributed by atoms with Crippen molar-refractivity contribution < 1.29 is 8.42 Å². The molecule has 2 rings (SSSR count). The van der Waals surface area contributed by atoms with Crippen molar-refractivity contribution in [2.75, 3.05) is 0 Å². The van der Waals surface area contributed by atoms with E-state index >= 15 is 0 Å². The molecule has 6 heteroatoms. The molecule has 5 nitrogen and oxygen atoms in total. The zero-order chi connectivity index (χ0) is 13.2. The second-order valence-corrected chi connectivity index (χ2v) is 5.17. The zero-order valence-electron chi connectivity index (χ0n) is 9.24. The molecular formula is C12H9N3O2S. The van der Waals surface area contributed by atoms with Gasteiger partial charge in [-0.3, -0.25) is 4.98 Å². The van der Waals surface area contributed by atoms with E-state index in [9.17, 15) is 8.42 Å². The lowest BCUT2D eigenvalue weighted by atomic mass is 10.1. The molecule has 0 saturated carbocycles. The van der Waals surface area contributed by atoms with Gasteiger partial charge in [0.15, 0.2) is 0 Å². The quantitative estimate of drug-likeness (QED) is 0.878. The normalized spacial score (nSPS) is 10.9. The third kappa shape index (κ3) is 2.53. The second-order valence-electron chi connectivity index (χ2n) is 3.61. The molecule has 0 aliphatic carbocycles. The average Bonchev–Trinajstić information content (AvgIpc) is 2.38. The van der Waals surface area contributed by atoms with E-state index in [0.717, 1.165) is 5.56 Å². The van der Waals surface area contributed by atoms with Gasteiger partial charge in [0.05, 0.1) is 16.2 Å². The first-order valence-electron chi connectivity index (χ1n) is 5.00. The Bertz CT molecular complexity index is 698. The first-order valence-corrected chi connectivity index (χ1v) is 6.55. The highest BCUT2D eigenvalue weighted by molar-refractivity contribution is 7.89. The lowest BCUT2D eigenvalue weighted by molar-refractivity contribution is 0.598. The van der Waals surface area contributed by atoms with Crippen molar-refractivity contribution in [2.45, 2.75) is 4.90 Å². The van der Waals surface area contributed by atoms with Crippen LogP contribution >= 0.6 is 0 Å². The molecule has 0 spiro atoms. The number of hydrogen-bond acceptors (Lipinski definition) is 4. The van der Waals surface area contributed by atoms with Crippen molar-refractivity contribution in [3.63, 3.8) is 0 Å². The van der Waals surface area contributed by atoms with Gasteiger partial charge in [0, 0.05) is 11.8 Å². The molecule has 1 heterocycles. The summed E-state index contributed by atoms with van der Waals surface area (Å²) in [5.74, 6) is 0. The molecular weight excluding hydrogens is 250 g/mol. The molecule has 0 fully saturated rings. The van der Waals surface area contributed by atoms with Gasteiger partial charge in [-0.25, -0.2) is 13.6 Å². The maximum Gasteiger partial charge on any atom is 0.238 e. The van der Waals surface area contributed by atoms with E-state index in [1.54, 1.807) is 24.3 Å². The molecule has 18 heavy (non-hydrogen) atoms. The van der Waals surface area contributed by atoms with E-state index in [-0.39, 0.29) is 4.90 Å². The summed E-state index contributed by atoms with van der Waals surface area (Å²) in [7, 11) is -3.68. The Morgan fingerprint density at radius 3 is 2.22 bits per heavy atom. The summed E-state index contributed by atoms with van der Waals surface area (Å²) in [5.41, 5.74) is 1.89. The lowest BCUT2D eigenvalue weighted by Gasteiger charge is -2.02. The fourth-order valence-electron chi connectivity index (χ4n) is 1.45. The molecule has 0 unspecified atom stereocenters. The van der Waals surface area contributed by atoms with Gasteiger partial charge in [0.25, 0.3) is 0 Å². The molecule has 2 aromatic rings. The van der Waals surface area contributed by atoms with E-state index in [4.69, 9.17) is 10.4 Å². The third-order valence-electron chi connectivity index (χ3n) is 2.37. The Kier molecular flexibility index (Phi) is 3.10. The van der Waals surface area contributed by atoms with Crippen LogP contribution in [0.1, 0.15) is 5.56 Å². The number of benzene rings is 1. The van der Waals surface area contributed by atoms with Crippen molar-refractivity contribution >= 4 is 10.0 Å². The molecule has 1 aromatic carbocycles. The molecule has 0 bridgehead atoms. The van der Waals surface area contributed by atoms with Gasteiger partial charge >= 0.3 is 0 Å². The van der Waals surface area contributed by atoms with Gasteiger partial charge in [0.1, 0.15) is 6.07 Å². The molecule has 90 valence electrons. The maximum absolute atomic E-state index is 11.1. The van der Waals surface area contributed by atoms with Crippen LogP contribution in [0.2, 0.25) is 0 Å². The van der Waals surface area contributed by atoms with Crippen LogP contribution in [0.4, 0.5) is 0 Å². The Balaban J connectivity index is 2.38. The first kappa shape index (κ1) is 12.2. The lowest BCUT2D eigenvalue weighted by Crippen LogP contribution is -2.11. The number of pyridine rings is 1. The number of primary sulfonamides is 1. The average molecular weight is 259 g/mol.